The molecule has 3 N–H and O–H groups in total. The number of amides is 1. The van der Waals surface area contributed by atoms with E-state index in [1.54, 1.807) is 18.2 Å². The summed E-state index contributed by atoms with van der Waals surface area (Å²) >= 11 is 3.20. The zero-order valence-corrected chi connectivity index (χ0v) is 15.6. The number of anilines is 1. The smallest absolute Gasteiger partial charge is 0.253 e. The number of ether oxygens (including phenoxy) is 3. The number of primary amides is 1. The highest BCUT2D eigenvalue weighted by Gasteiger charge is 2.17. The highest BCUT2D eigenvalue weighted by molar-refractivity contribution is 9.10. The topological polar surface area (TPSA) is 82.8 Å². The molecule has 0 heterocycles. The van der Waals surface area contributed by atoms with E-state index in [1.165, 1.54) is 27.4 Å². The second-order valence-electron chi connectivity index (χ2n) is 5.06. The number of hydrogen-bond acceptors (Lipinski definition) is 5. The molecular formula is C17H18BrFN2O4. The zero-order valence-electron chi connectivity index (χ0n) is 14.0. The summed E-state index contributed by atoms with van der Waals surface area (Å²) in [4.78, 5) is 11.5. The number of halogens is 2. The molecule has 0 unspecified atom stereocenters. The van der Waals surface area contributed by atoms with Crippen LogP contribution in [0.5, 0.6) is 17.2 Å². The molecule has 6 nitrogen and oxygen atoms in total. The van der Waals surface area contributed by atoms with E-state index in [1.807, 2.05) is 0 Å². The number of benzene rings is 2. The van der Waals surface area contributed by atoms with Crippen LogP contribution >= 0.6 is 15.9 Å². The average molecular weight is 413 g/mol. The summed E-state index contributed by atoms with van der Waals surface area (Å²) in [5.41, 5.74) is 6.14. The summed E-state index contributed by atoms with van der Waals surface area (Å²) in [6.45, 7) is 0.285. The fourth-order valence-corrected chi connectivity index (χ4v) is 2.83. The van der Waals surface area contributed by atoms with Crippen LogP contribution < -0.4 is 25.3 Å². The monoisotopic (exact) mass is 412 g/mol. The van der Waals surface area contributed by atoms with Crippen molar-refractivity contribution in [3.63, 3.8) is 0 Å². The lowest BCUT2D eigenvalue weighted by molar-refractivity contribution is 0.0997. The van der Waals surface area contributed by atoms with Gasteiger partial charge in [0.25, 0.3) is 5.91 Å². The van der Waals surface area contributed by atoms with Gasteiger partial charge in [0.05, 0.1) is 32.6 Å². The molecule has 2 aromatic carbocycles. The number of methoxy groups -OCH3 is 3. The first-order valence-electron chi connectivity index (χ1n) is 7.22. The lowest BCUT2D eigenvalue weighted by Crippen LogP contribution is -2.16. The minimum Gasteiger partial charge on any atom is -0.493 e. The Morgan fingerprint density at radius 1 is 1.12 bits per heavy atom. The third-order valence-electron chi connectivity index (χ3n) is 3.51. The normalized spacial score (nSPS) is 10.3. The Hall–Kier alpha value is -2.48. The molecule has 0 aromatic heterocycles. The Balaban J connectivity index is 2.35. The fourth-order valence-electron chi connectivity index (χ4n) is 2.40. The van der Waals surface area contributed by atoms with Gasteiger partial charge in [-0.05, 0) is 29.8 Å². The molecular weight excluding hydrogens is 395 g/mol. The fraction of sp³-hybridized carbons (Fsp3) is 0.235. The lowest BCUT2D eigenvalue weighted by atomic mass is 10.1. The van der Waals surface area contributed by atoms with E-state index in [2.05, 4.69) is 21.2 Å². The second kappa shape index (κ2) is 8.06. The van der Waals surface area contributed by atoms with Crippen LogP contribution in [-0.2, 0) is 6.54 Å². The molecule has 0 aliphatic rings. The Morgan fingerprint density at radius 3 is 2.20 bits per heavy atom. The second-order valence-corrected chi connectivity index (χ2v) is 5.98. The summed E-state index contributed by atoms with van der Waals surface area (Å²) in [5, 5.41) is 3.01. The van der Waals surface area contributed by atoms with Crippen molar-refractivity contribution >= 4 is 27.5 Å². The van der Waals surface area contributed by atoms with Gasteiger partial charge >= 0.3 is 0 Å². The predicted octanol–water partition coefficient (Wildman–Crippen LogP) is 3.33. The predicted molar refractivity (Wildman–Crippen MR) is 96.0 cm³/mol. The van der Waals surface area contributed by atoms with Gasteiger partial charge < -0.3 is 25.3 Å². The molecule has 0 atom stereocenters. The Labute approximate surface area is 153 Å². The first kappa shape index (κ1) is 18.9. The maximum Gasteiger partial charge on any atom is 0.253 e. The number of carbonyl (C=O) groups is 1. The van der Waals surface area contributed by atoms with Gasteiger partial charge in [-0.1, -0.05) is 15.9 Å². The van der Waals surface area contributed by atoms with Gasteiger partial charge in [0, 0.05) is 11.0 Å². The van der Waals surface area contributed by atoms with Crippen LogP contribution in [0.15, 0.2) is 28.7 Å². The molecule has 134 valence electrons. The van der Waals surface area contributed by atoms with Crippen molar-refractivity contribution in [2.75, 3.05) is 26.6 Å². The van der Waals surface area contributed by atoms with E-state index in [0.29, 0.717) is 21.7 Å². The maximum atomic E-state index is 14.0. The average Bonchev–Trinajstić information content (AvgIpc) is 2.57. The number of rotatable bonds is 7. The van der Waals surface area contributed by atoms with Gasteiger partial charge in [-0.15, -0.1) is 0 Å². The minimum atomic E-state index is -0.850. The Bertz CT molecular complexity index is 773. The standard InChI is InChI=1S/C17H18BrFN2O4/c1-23-13-4-9(5-14(24-2)16(13)25-3)8-21-12-7-10(18)6-11(19)15(12)17(20)22/h4-7,21H,8H2,1-3H3,(H2,20,22). The SMILES string of the molecule is COc1cc(CNc2cc(Br)cc(F)c2C(N)=O)cc(OC)c1OC. The van der Waals surface area contributed by atoms with Gasteiger partial charge in [0.1, 0.15) is 5.82 Å². The molecule has 25 heavy (non-hydrogen) atoms. The molecule has 2 rings (SSSR count). The van der Waals surface area contributed by atoms with E-state index in [0.717, 1.165) is 5.56 Å². The van der Waals surface area contributed by atoms with Gasteiger partial charge in [-0.3, -0.25) is 4.79 Å². The number of nitrogens with two attached hydrogens (primary N) is 1. The van der Waals surface area contributed by atoms with E-state index in [9.17, 15) is 9.18 Å². The molecule has 0 saturated heterocycles. The minimum absolute atomic E-state index is 0.198. The van der Waals surface area contributed by atoms with Crippen LogP contribution in [0, 0.1) is 5.82 Å². The van der Waals surface area contributed by atoms with E-state index in [-0.39, 0.29) is 17.8 Å². The van der Waals surface area contributed by atoms with Gasteiger partial charge in [0.2, 0.25) is 5.75 Å². The van der Waals surface area contributed by atoms with E-state index in [4.69, 9.17) is 19.9 Å². The molecule has 0 aliphatic carbocycles. The molecule has 0 saturated carbocycles. The maximum absolute atomic E-state index is 14.0. The number of hydrogen-bond donors (Lipinski definition) is 2. The van der Waals surface area contributed by atoms with Crippen molar-refractivity contribution in [1.82, 2.24) is 0 Å². The molecule has 0 radical (unpaired) electrons. The van der Waals surface area contributed by atoms with Gasteiger partial charge in [-0.25, -0.2) is 4.39 Å². The lowest BCUT2D eigenvalue weighted by Gasteiger charge is -2.16. The number of carbonyl (C=O) groups excluding carboxylic acids is 1. The van der Waals surface area contributed by atoms with Crippen LogP contribution in [0.4, 0.5) is 10.1 Å². The summed E-state index contributed by atoms with van der Waals surface area (Å²) in [5.74, 6) is -0.0878. The van der Waals surface area contributed by atoms with Crippen molar-refractivity contribution in [1.29, 1.82) is 0 Å². The highest BCUT2D eigenvalue weighted by Crippen LogP contribution is 2.38. The highest BCUT2D eigenvalue weighted by atomic mass is 79.9. The molecule has 1 amide bonds. The largest absolute Gasteiger partial charge is 0.493 e. The zero-order chi connectivity index (χ0) is 18.6. The van der Waals surface area contributed by atoms with Crippen LogP contribution in [0.1, 0.15) is 15.9 Å². The summed E-state index contributed by atoms with van der Waals surface area (Å²) in [6.07, 6.45) is 0. The van der Waals surface area contributed by atoms with Crippen LogP contribution in [0.3, 0.4) is 0 Å². The van der Waals surface area contributed by atoms with Crippen LogP contribution in [0.2, 0.25) is 0 Å². The van der Waals surface area contributed by atoms with Crippen molar-refractivity contribution < 1.29 is 23.4 Å². The Morgan fingerprint density at radius 2 is 1.72 bits per heavy atom. The van der Waals surface area contributed by atoms with Crippen molar-refractivity contribution in [3.05, 3.63) is 45.7 Å². The van der Waals surface area contributed by atoms with Crippen molar-refractivity contribution in [3.8, 4) is 17.2 Å². The quantitative estimate of drug-likeness (QED) is 0.728. The third kappa shape index (κ3) is 4.14. The molecule has 0 bridgehead atoms. The van der Waals surface area contributed by atoms with Gasteiger partial charge in [-0.2, -0.15) is 0 Å². The van der Waals surface area contributed by atoms with E-state index >= 15 is 0 Å². The van der Waals surface area contributed by atoms with Gasteiger partial charge in [0.15, 0.2) is 11.5 Å². The molecule has 0 fully saturated rings. The molecule has 0 aliphatic heterocycles. The summed E-state index contributed by atoms with van der Waals surface area (Å²) < 4.78 is 30.3. The summed E-state index contributed by atoms with van der Waals surface area (Å²) in [7, 11) is 4.55. The first-order valence-corrected chi connectivity index (χ1v) is 8.02. The molecule has 2 aromatic rings. The summed E-state index contributed by atoms with van der Waals surface area (Å²) in [6, 6.07) is 6.28. The number of nitrogens with one attached hydrogen (secondary N) is 1. The van der Waals surface area contributed by atoms with E-state index < -0.39 is 11.7 Å². The third-order valence-corrected chi connectivity index (χ3v) is 3.97. The Kier molecular flexibility index (Phi) is 6.08. The first-order chi connectivity index (χ1) is 11.9. The molecule has 0 spiro atoms. The molecule has 8 heteroatoms. The van der Waals surface area contributed by atoms with Crippen LogP contribution in [0.25, 0.3) is 0 Å². The van der Waals surface area contributed by atoms with Crippen molar-refractivity contribution in [2.24, 2.45) is 5.73 Å². The van der Waals surface area contributed by atoms with Crippen molar-refractivity contribution in [2.45, 2.75) is 6.54 Å². The van der Waals surface area contributed by atoms with Crippen LogP contribution in [-0.4, -0.2) is 27.2 Å².